The van der Waals surface area contributed by atoms with E-state index in [1.807, 2.05) is 19.3 Å². The summed E-state index contributed by atoms with van der Waals surface area (Å²) in [6.45, 7) is 5.49. The lowest BCUT2D eigenvalue weighted by Crippen LogP contribution is -2.30. The van der Waals surface area contributed by atoms with E-state index in [0.717, 1.165) is 62.4 Å². The summed E-state index contributed by atoms with van der Waals surface area (Å²) < 4.78 is 7.91. The fourth-order valence-corrected chi connectivity index (χ4v) is 4.56. The Hall–Kier alpha value is -2.34. The Morgan fingerprint density at radius 2 is 2.07 bits per heavy atom. The summed E-state index contributed by atoms with van der Waals surface area (Å²) in [6.07, 6.45) is 8.39. The first-order valence-electron chi connectivity index (χ1n) is 11.0. The summed E-state index contributed by atoms with van der Waals surface area (Å²) in [5.74, 6) is 3.17. The number of rotatable bonds is 6. The molecule has 1 aromatic carbocycles. The lowest BCUT2D eigenvalue weighted by atomic mass is 9.87. The monoisotopic (exact) mass is 396 g/mol. The van der Waals surface area contributed by atoms with Gasteiger partial charge in [0, 0.05) is 6.04 Å². The minimum Gasteiger partial charge on any atom is -0.450 e. The topological polar surface area (TPSA) is 68.2 Å². The molecule has 0 saturated heterocycles. The van der Waals surface area contributed by atoms with Crippen LogP contribution in [0.2, 0.25) is 0 Å². The zero-order valence-corrected chi connectivity index (χ0v) is 17.7. The minimum atomic E-state index is -0.195. The van der Waals surface area contributed by atoms with Gasteiger partial charge >= 0.3 is 5.69 Å². The molecule has 0 radical (unpaired) electrons. The molecule has 1 atom stereocenters. The predicted molar refractivity (Wildman–Crippen MR) is 117 cm³/mol. The van der Waals surface area contributed by atoms with Crippen molar-refractivity contribution in [1.82, 2.24) is 14.9 Å². The van der Waals surface area contributed by atoms with Crippen molar-refractivity contribution in [2.45, 2.75) is 64.3 Å². The Labute approximate surface area is 172 Å². The molecular weight excluding hydrogens is 364 g/mol. The van der Waals surface area contributed by atoms with Crippen LogP contribution in [0, 0.1) is 5.92 Å². The zero-order chi connectivity index (χ0) is 20.4. The third kappa shape index (κ3) is 4.17. The normalized spacial score (nSPS) is 21.5. The van der Waals surface area contributed by atoms with E-state index in [9.17, 15) is 4.79 Å². The number of hydrogen-bond acceptors (Lipinski definition) is 5. The van der Waals surface area contributed by atoms with E-state index in [1.165, 1.54) is 5.56 Å². The Bertz CT molecular complexity index is 916. The average Bonchev–Trinajstić information content (AvgIpc) is 2.73. The molecule has 1 aliphatic heterocycles. The smallest absolute Gasteiger partial charge is 0.350 e. The van der Waals surface area contributed by atoms with Crippen molar-refractivity contribution in [3.63, 3.8) is 0 Å². The molecule has 6 nitrogen and oxygen atoms in total. The van der Waals surface area contributed by atoms with Gasteiger partial charge in [0.15, 0.2) is 17.3 Å². The van der Waals surface area contributed by atoms with Gasteiger partial charge in [-0.25, -0.2) is 4.79 Å². The quantitative estimate of drug-likeness (QED) is 0.617. The maximum atomic E-state index is 12.7. The first-order chi connectivity index (χ1) is 14.1. The van der Waals surface area contributed by atoms with Crippen molar-refractivity contribution < 1.29 is 4.74 Å². The molecule has 29 heavy (non-hydrogen) atoms. The summed E-state index contributed by atoms with van der Waals surface area (Å²) in [5, 5.41) is 6.56. The predicted octanol–water partition coefficient (Wildman–Crippen LogP) is 4.95. The highest BCUT2D eigenvalue weighted by atomic mass is 16.5. The van der Waals surface area contributed by atoms with Gasteiger partial charge in [-0.2, -0.15) is 4.98 Å². The van der Waals surface area contributed by atoms with E-state index in [2.05, 4.69) is 41.6 Å². The van der Waals surface area contributed by atoms with Crippen LogP contribution < -0.4 is 21.1 Å². The lowest BCUT2D eigenvalue weighted by Gasteiger charge is -2.29. The molecule has 0 bridgehead atoms. The van der Waals surface area contributed by atoms with Gasteiger partial charge in [-0.3, -0.25) is 4.57 Å². The second-order valence-electron chi connectivity index (χ2n) is 8.54. The lowest BCUT2D eigenvalue weighted by molar-refractivity contribution is 0.280. The molecule has 4 rings (SSSR count). The fraction of sp³-hybridized carbons (Fsp3) is 0.565. The van der Waals surface area contributed by atoms with E-state index in [4.69, 9.17) is 4.74 Å². The molecule has 1 unspecified atom stereocenters. The highest BCUT2D eigenvalue weighted by Crippen LogP contribution is 2.42. The van der Waals surface area contributed by atoms with Gasteiger partial charge in [-0.1, -0.05) is 19.9 Å². The van der Waals surface area contributed by atoms with E-state index >= 15 is 0 Å². The van der Waals surface area contributed by atoms with Crippen molar-refractivity contribution in [1.29, 1.82) is 0 Å². The van der Waals surface area contributed by atoms with Crippen LogP contribution in [0.5, 0.6) is 11.5 Å². The molecule has 1 fully saturated rings. The number of fused-ring (bicyclic) bond motifs is 2. The molecular formula is C23H32N4O2. The second kappa shape index (κ2) is 8.57. The standard InChI is InChI=1S/C23H32N4O2/c1-4-16(11-12-24-3)17-7-10-20-19(13-17)25-22-21(29-20)14-27(23(28)26-22)18-8-5-15(2)6-9-18/h7,10,13-16,18,24H,4-6,8-9,11-12H2,1-3H3,(H,25,26,28). The summed E-state index contributed by atoms with van der Waals surface area (Å²) in [5.41, 5.74) is 1.97. The summed E-state index contributed by atoms with van der Waals surface area (Å²) in [6, 6.07) is 6.54. The van der Waals surface area contributed by atoms with E-state index in [-0.39, 0.29) is 11.7 Å². The molecule has 2 aliphatic rings. The number of nitrogens with zero attached hydrogens (tertiary/aromatic N) is 2. The SMILES string of the molecule is CCC(CCNC)c1ccc2c(c1)Nc1nc(=O)n(C3CCC(C)CC3)cc1O2. The summed E-state index contributed by atoms with van der Waals surface area (Å²) in [4.78, 5) is 17.0. The summed E-state index contributed by atoms with van der Waals surface area (Å²) in [7, 11) is 1.98. The van der Waals surface area contributed by atoms with E-state index in [1.54, 1.807) is 4.57 Å². The molecule has 1 aromatic heterocycles. The van der Waals surface area contributed by atoms with Crippen LogP contribution in [-0.2, 0) is 0 Å². The van der Waals surface area contributed by atoms with E-state index < -0.39 is 0 Å². The van der Waals surface area contributed by atoms with Crippen molar-refractivity contribution in [2.75, 3.05) is 18.9 Å². The van der Waals surface area contributed by atoms with Crippen LogP contribution in [0.4, 0.5) is 11.5 Å². The second-order valence-corrected chi connectivity index (χ2v) is 8.54. The van der Waals surface area contributed by atoms with Gasteiger partial charge < -0.3 is 15.4 Å². The highest BCUT2D eigenvalue weighted by molar-refractivity contribution is 5.73. The molecule has 0 amide bonds. The minimum absolute atomic E-state index is 0.195. The molecule has 2 heterocycles. The fourth-order valence-electron chi connectivity index (χ4n) is 4.56. The van der Waals surface area contributed by atoms with Crippen molar-refractivity contribution in [2.24, 2.45) is 5.92 Å². The van der Waals surface area contributed by atoms with Crippen molar-refractivity contribution >= 4 is 11.5 Å². The van der Waals surface area contributed by atoms with Crippen LogP contribution in [0.1, 0.15) is 69.9 Å². The number of benzene rings is 1. The van der Waals surface area contributed by atoms with Crippen LogP contribution in [-0.4, -0.2) is 23.1 Å². The number of hydrogen-bond donors (Lipinski definition) is 2. The molecule has 2 N–H and O–H groups in total. The van der Waals surface area contributed by atoms with Crippen LogP contribution in [0.3, 0.4) is 0 Å². The van der Waals surface area contributed by atoms with Crippen LogP contribution in [0.25, 0.3) is 0 Å². The molecule has 6 heteroatoms. The Morgan fingerprint density at radius 3 is 2.79 bits per heavy atom. The molecule has 1 saturated carbocycles. The van der Waals surface area contributed by atoms with Gasteiger partial charge in [0.25, 0.3) is 0 Å². The number of nitrogens with one attached hydrogen (secondary N) is 2. The molecule has 1 aliphatic carbocycles. The maximum Gasteiger partial charge on any atom is 0.350 e. The number of aromatic nitrogens is 2. The third-order valence-corrected chi connectivity index (χ3v) is 6.48. The molecule has 0 spiro atoms. The Kier molecular flexibility index (Phi) is 5.90. The Balaban J connectivity index is 1.57. The van der Waals surface area contributed by atoms with Gasteiger partial charge in [0.1, 0.15) is 0 Å². The zero-order valence-electron chi connectivity index (χ0n) is 17.7. The highest BCUT2D eigenvalue weighted by Gasteiger charge is 2.25. The van der Waals surface area contributed by atoms with Crippen LogP contribution in [0.15, 0.2) is 29.2 Å². The first kappa shape index (κ1) is 20.0. The van der Waals surface area contributed by atoms with Gasteiger partial charge in [0.05, 0.1) is 11.9 Å². The largest absolute Gasteiger partial charge is 0.450 e. The molecule has 156 valence electrons. The maximum absolute atomic E-state index is 12.7. The van der Waals surface area contributed by atoms with E-state index in [0.29, 0.717) is 17.5 Å². The van der Waals surface area contributed by atoms with Gasteiger partial charge in [0.2, 0.25) is 0 Å². The van der Waals surface area contributed by atoms with Crippen LogP contribution >= 0.6 is 0 Å². The first-order valence-corrected chi connectivity index (χ1v) is 11.0. The summed E-state index contributed by atoms with van der Waals surface area (Å²) >= 11 is 0. The Morgan fingerprint density at radius 1 is 1.28 bits per heavy atom. The third-order valence-electron chi connectivity index (χ3n) is 6.48. The van der Waals surface area contributed by atoms with Gasteiger partial charge in [-0.15, -0.1) is 0 Å². The molecule has 2 aromatic rings. The number of ether oxygens (including phenoxy) is 1. The van der Waals surface area contributed by atoms with Crippen molar-refractivity contribution in [3.8, 4) is 11.5 Å². The van der Waals surface area contributed by atoms with Gasteiger partial charge in [-0.05, 0) is 81.6 Å². The van der Waals surface area contributed by atoms with Crippen molar-refractivity contribution in [3.05, 3.63) is 40.4 Å². The number of anilines is 2. The average molecular weight is 397 g/mol.